The Bertz CT molecular complexity index is 503. The molecule has 0 saturated carbocycles. The molecular weight excluding hydrogens is 198 g/mol. The average molecular weight is 207 g/mol. The van der Waals surface area contributed by atoms with Crippen LogP contribution in [-0.2, 0) is 4.79 Å². The number of carboxylic acids is 1. The molecule has 0 bridgehead atoms. The van der Waals surface area contributed by atoms with Gasteiger partial charge in [0.15, 0.2) is 12.2 Å². The highest BCUT2D eigenvalue weighted by Crippen LogP contribution is 2.22. The molecule has 0 radical (unpaired) electrons. The van der Waals surface area contributed by atoms with Crippen molar-refractivity contribution in [2.24, 2.45) is 0 Å². The first-order valence-electron chi connectivity index (χ1n) is 4.37. The van der Waals surface area contributed by atoms with E-state index in [1.165, 1.54) is 0 Å². The minimum Gasteiger partial charge on any atom is -0.482 e. The third kappa shape index (κ3) is 1.90. The molecule has 0 saturated heterocycles. The van der Waals surface area contributed by atoms with Crippen LogP contribution in [0.5, 0.6) is 5.75 Å². The number of hydrogen-bond donors (Lipinski definition) is 1. The summed E-state index contributed by atoms with van der Waals surface area (Å²) in [5.74, 6) is -0.551. The highest BCUT2D eigenvalue weighted by molar-refractivity contribution is 5.80. The molecule has 1 aromatic carbocycles. The molecule has 15 heavy (non-hydrogen) atoms. The number of hydrogen-bond acceptors (Lipinski definition) is 4. The molecule has 1 aromatic heterocycles. The van der Waals surface area contributed by atoms with Crippen molar-refractivity contribution >= 4 is 16.9 Å². The van der Waals surface area contributed by atoms with E-state index < -0.39 is 5.97 Å². The van der Waals surface area contributed by atoms with E-state index >= 15 is 0 Å². The van der Waals surface area contributed by atoms with Gasteiger partial charge in [-0.3, -0.25) is 0 Å². The molecule has 5 heteroatoms. The second-order valence-electron chi connectivity index (χ2n) is 3.11. The number of benzene rings is 1. The van der Waals surface area contributed by atoms with E-state index in [0.717, 1.165) is 11.1 Å². The SMILES string of the molecule is Cc1noc2cc(OCC(=O)O)ccc12. The lowest BCUT2D eigenvalue weighted by molar-refractivity contribution is -0.139. The van der Waals surface area contributed by atoms with Gasteiger partial charge in [0.2, 0.25) is 0 Å². The largest absolute Gasteiger partial charge is 0.482 e. The van der Waals surface area contributed by atoms with E-state index in [9.17, 15) is 4.79 Å². The summed E-state index contributed by atoms with van der Waals surface area (Å²) < 4.78 is 10.0. The van der Waals surface area contributed by atoms with Crippen molar-refractivity contribution in [2.45, 2.75) is 6.92 Å². The third-order valence-corrected chi connectivity index (χ3v) is 1.99. The second-order valence-corrected chi connectivity index (χ2v) is 3.11. The fourth-order valence-electron chi connectivity index (χ4n) is 1.28. The minimum absolute atomic E-state index is 0.362. The molecule has 0 aliphatic rings. The molecule has 1 N–H and O–H groups in total. The first-order valence-corrected chi connectivity index (χ1v) is 4.37. The first kappa shape index (κ1) is 9.51. The van der Waals surface area contributed by atoms with Gasteiger partial charge in [0.25, 0.3) is 0 Å². The van der Waals surface area contributed by atoms with Gasteiger partial charge in [-0.25, -0.2) is 4.79 Å². The molecule has 0 unspecified atom stereocenters. The number of carbonyl (C=O) groups is 1. The van der Waals surface area contributed by atoms with Gasteiger partial charge in [0.05, 0.1) is 5.69 Å². The topological polar surface area (TPSA) is 72.6 Å². The van der Waals surface area contributed by atoms with E-state index in [1.807, 2.05) is 6.92 Å². The Morgan fingerprint density at radius 2 is 2.40 bits per heavy atom. The van der Waals surface area contributed by atoms with Crippen molar-refractivity contribution in [1.82, 2.24) is 5.16 Å². The van der Waals surface area contributed by atoms with Crippen molar-refractivity contribution in [3.05, 3.63) is 23.9 Å². The highest BCUT2D eigenvalue weighted by atomic mass is 16.5. The molecule has 2 rings (SSSR count). The summed E-state index contributed by atoms with van der Waals surface area (Å²) in [4.78, 5) is 10.3. The van der Waals surface area contributed by atoms with Crippen molar-refractivity contribution in [3.63, 3.8) is 0 Å². The van der Waals surface area contributed by atoms with Gasteiger partial charge in [-0.2, -0.15) is 0 Å². The van der Waals surface area contributed by atoms with Crippen LogP contribution in [0.4, 0.5) is 0 Å². The normalized spacial score (nSPS) is 10.5. The van der Waals surface area contributed by atoms with Gasteiger partial charge in [0, 0.05) is 11.5 Å². The van der Waals surface area contributed by atoms with Crippen molar-refractivity contribution < 1.29 is 19.2 Å². The van der Waals surface area contributed by atoms with Crippen LogP contribution in [0.1, 0.15) is 5.69 Å². The first-order chi connectivity index (χ1) is 7.16. The van der Waals surface area contributed by atoms with E-state index in [1.54, 1.807) is 18.2 Å². The van der Waals surface area contributed by atoms with Crippen LogP contribution in [-0.4, -0.2) is 22.8 Å². The number of ether oxygens (including phenoxy) is 1. The zero-order valence-electron chi connectivity index (χ0n) is 8.06. The molecule has 5 nitrogen and oxygen atoms in total. The lowest BCUT2D eigenvalue weighted by Crippen LogP contribution is -2.09. The molecule has 78 valence electrons. The fourth-order valence-corrected chi connectivity index (χ4v) is 1.28. The molecule has 0 amide bonds. The number of aryl methyl sites for hydroxylation is 1. The van der Waals surface area contributed by atoms with Gasteiger partial charge in [-0.15, -0.1) is 0 Å². The van der Waals surface area contributed by atoms with Crippen LogP contribution in [0.25, 0.3) is 11.0 Å². The van der Waals surface area contributed by atoms with Gasteiger partial charge in [-0.1, -0.05) is 5.16 Å². The fraction of sp³-hybridized carbons (Fsp3) is 0.200. The van der Waals surface area contributed by atoms with Gasteiger partial charge in [0.1, 0.15) is 5.75 Å². The predicted octanol–water partition coefficient (Wildman–Crippen LogP) is 1.60. The molecule has 0 fully saturated rings. The maximum absolute atomic E-state index is 10.3. The summed E-state index contributed by atoms with van der Waals surface area (Å²) in [6, 6.07) is 5.10. The Hall–Kier alpha value is -2.04. The number of nitrogens with zero attached hydrogens (tertiary/aromatic N) is 1. The molecule has 2 aromatic rings. The van der Waals surface area contributed by atoms with Crippen molar-refractivity contribution in [1.29, 1.82) is 0 Å². The number of aliphatic carboxylic acids is 1. The Kier molecular flexibility index (Phi) is 2.29. The standard InChI is InChI=1S/C10H9NO4/c1-6-8-3-2-7(14-5-10(12)13)4-9(8)15-11-6/h2-4H,5H2,1H3,(H,12,13). The minimum atomic E-state index is -1.01. The van der Waals surface area contributed by atoms with Gasteiger partial charge >= 0.3 is 5.97 Å². The van der Waals surface area contributed by atoms with E-state index in [2.05, 4.69) is 5.16 Å². The molecular formula is C10H9NO4. The van der Waals surface area contributed by atoms with Crippen LogP contribution in [0.3, 0.4) is 0 Å². The Morgan fingerprint density at radius 1 is 1.60 bits per heavy atom. The summed E-state index contributed by atoms with van der Waals surface area (Å²) in [5, 5.41) is 13.1. The monoisotopic (exact) mass is 207 g/mol. The van der Waals surface area contributed by atoms with Crippen LogP contribution in [0.15, 0.2) is 22.7 Å². The average Bonchev–Trinajstić information content (AvgIpc) is 2.57. The smallest absolute Gasteiger partial charge is 0.341 e. The number of fused-ring (bicyclic) bond motifs is 1. The van der Waals surface area contributed by atoms with E-state index in [-0.39, 0.29) is 6.61 Å². The van der Waals surface area contributed by atoms with Crippen molar-refractivity contribution in [2.75, 3.05) is 6.61 Å². The van der Waals surface area contributed by atoms with Crippen LogP contribution in [0, 0.1) is 6.92 Å². The van der Waals surface area contributed by atoms with E-state index in [0.29, 0.717) is 11.3 Å². The van der Waals surface area contributed by atoms with Crippen LogP contribution >= 0.6 is 0 Å². The molecule has 0 aliphatic heterocycles. The molecule has 1 heterocycles. The zero-order chi connectivity index (χ0) is 10.8. The van der Waals surface area contributed by atoms with Crippen molar-refractivity contribution in [3.8, 4) is 5.75 Å². The lowest BCUT2D eigenvalue weighted by atomic mass is 10.2. The quantitative estimate of drug-likeness (QED) is 0.827. The Morgan fingerprint density at radius 3 is 3.13 bits per heavy atom. The number of aromatic nitrogens is 1. The Balaban J connectivity index is 2.27. The Labute approximate surface area is 85.2 Å². The maximum atomic E-state index is 10.3. The summed E-state index contributed by atoms with van der Waals surface area (Å²) in [5.41, 5.74) is 1.39. The maximum Gasteiger partial charge on any atom is 0.341 e. The third-order valence-electron chi connectivity index (χ3n) is 1.99. The zero-order valence-corrected chi connectivity index (χ0v) is 8.06. The van der Waals surface area contributed by atoms with Gasteiger partial charge in [-0.05, 0) is 19.1 Å². The van der Waals surface area contributed by atoms with E-state index in [4.69, 9.17) is 14.4 Å². The van der Waals surface area contributed by atoms with Crippen LogP contribution in [0.2, 0.25) is 0 Å². The summed E-state index contributed by atoms with van der Waals surface area (Å²) >= 11 is 0. The summed E-state index contributed by atoms with van der Waals surface area (Å²) in [6.07, 6.45) is 0. The molecule has 0 atom stereocenters. The number of carboxylic acid groups (broad SMARTS) is 1. The second kappa shape index (κ2) is 3.61. The molecule has 0 spiro atoms. The summed E-state index contributed by atoms with van der Waals surface area (Å²) in [7, 11) is 0. The highest BCUT2D eigenvalue weighted by Gasteiger charge is 2.06. The lowest BCUT2D eigenvalue weighted by Gasteiger charge is -2.01. The van der Waals surface area contributed by atoms with Gasteiger partial charge < -0.3 is 14.4 Å². The summed E-state index contributed by atoms with van der Waals surface area (Å²) in [6.45, 7) is 1.47. The predicted molar refractivity (Wildman–Crippen MR) is 51.9 cm³/mol. The number of rotatable bonds is 3. The molecule has 0 aliphatic carbocycles. The van der Waals surface area contributed by atoms with Crippen LogP contribution < -0.4 is 4.74 Å².